The van der Waals surface area contributed by atoms with Crippen molar-refractivity contribution in [3.05, 3.63) is 57.0 Å². The van der Waals surface area contributed by atoms with Gasteiger partial charge in [0, 0.05) is 42.0 Å². The van der Waals surface area contributed by atoms with Crippen LogP contribution in [0.25, 0.3) is 22.8 Å². The maximum Gasteiger partial charge on any atom is 0.316 e. The Labute approximate surface area is 249 Å². The Morgan fingerprint density at radius 2 is 1.85 bits per heavy atom. The number of ether oxygens (including phenoxy) is 2. The van der Waals surface area contributed by atoms with Crippen molar-refractivity contribution in [2.75, 3.05) is 18.1 Å². The summed E-state index contributed by atoms with van der Waals surface area (Å²) in [5.74, 6) is 1.73. The Bertz CT molecular complexity index is 1580. The number of hydrogen-bond acceptors (Lipinski definition) is 9. The highest BCUT2D eigenvalue weighted by Gasteiger charge is 2.28. The standard InChI is InChI=1S/C29H33Cl2N7O3/c1-6-8-19(39)15-41-20-9-10-22(30)21(11-20)27-34-24(25-17(4)26(31)36-37(25)5)16(3)28(35-27)38-13-18-12-32-29(40-7-2)33-23(18)14-38/h9-12,19,39H,6-8,13-15H2,1-5H3/t19-/m1/s1. The number of aliphatic hydroxyl groups excluding tert-OH is 1. The molecular formula is C29H33Cl2N7O3. The first kappa shape index (κ1) is 29.0. The van der Waals surface area contributed by atoms with Gasteiger partial charge in [-0.15, -0.1) is 0 Å². The van der Waals surface area contributed by atoms with E-state index in [2.05, 4.69) is 20.0 Å². The molecule has 1 aliphatic heterocycles. The highest BCUT2D eigenvalue weighted by atomic mass is 35.5. The third kappa shape index (κ3) is 5.95. The van der Waals surface area contributed by atoms with Crippen LogP contribution in [0.3, 0.4) is 0 Å². The molecule has 0 radical (unpaired) electrons. The van der Waals surface area contributed by atoms with Crippen molar-refractivity contribution in [2.45, 2.75) is 59.7 Å². The molecule has 41 heavy (non-hydrogen) atoms. The molecule has 216 valence electrons. The van der Waals surface area contributed by atoms with E-state index >= 15 is 0 Å². The van der Waals surface area contributed by atoms with E-state index in [0.29, 0.717) is 65.1 Å². The smallest absolute Gasteiger partial charge is 0.316 e. The van der Waals surface area contributed by atoms with E-state index in [1.54, 1.807) is 29.1 Å². The minimum Gasteiger partial charge on any atom is -0.491 e. The van der Waals surface area contributed by atoms with Crippen LogP contribution in [0.2, 0.25) is 10.2 Å². The Morgan fingerprint density at radius 3 is 2.56 bits per heavy atom. The van der Waals surface area contributed by atoms with Crippen molar-refractivity contribution in [2.24, 2.45) is 7.05 Å². The highest BCUT2D eigenvalue weighted by molar-refractivity contribution is 6.33. The molecule has 4 aromatic rings. The van der Waals surface area contributed by atoms with Gasteiger partial charge in [0.2, 0.25) is 0 Å². The van der Waals surface area contributed by atoms with Crippen LogP contribution in [0.4, 0.5) is 5.82 Å². The zero-order valence-corrected chi connectivity index (χ0v) is 25.3. The lowest BCUT2D eigenvalue weighted by Gasteiger charge is -2.22. The third-order valence-corrected chi connectivity index (χ3v) is 7.71. The van der Waals surface area contributed by atoms with Crippen molar-refractivity contribution in [1.82, 2.24) is 29.7 Å². The van der Waals surface area contributed by atoms with Gasteiger partial charge in [-0.05, 0) is 45.4 Å². The maximum absolute atomic E-state index is 10.2. The third-order valence-electron chi connectivity index (χ3n) is 7.02. The van der Waals surface area contributed by atoms with Crippen molar-refractivity contribution >= 4 is 29.0 Å². The first-order valence-corrected chi connectivity index (χ1v) is 14.4. The van der Waals surface area contributed by atoms with Crippen LogP contribution in [0.5, 0.6) is 11.8 Å². The second-order valence-corrected chi connectivity index (χ2v) is 10.8. The Morgan fingerprint density at radius 1 is 1.05 bits per heavy atom. The summed E-state index contributed by atoms with van der Waals surface area (Å²) < 4.78 is 13.1. The number of aliphatic hydroxyl groups is 1. The van der Waals surface area contributed by atoms with Crippen molar-refractivity contribution in [3.8, 4) is 34.5 Å². The lowest BCUT2D eigenvalue weighted by Crippen LogP contribution is -2.19. The van der Waals surface area contributed by atoms with Crippen LogP contribution in [0, 0.1) is 13.8 Å². The topological polar surface area (TPSA) is 111 Å². The predicted octanol–water partition coefficient (Wildman–Crippen LogP) is 5.72. The first-order chi connectivity index (χ1) is 19.7. The minimum absolute atomic E-state index is 0.184. The molecule has 1 aliphatic rings. The molecule has 0 fully saturated rings. The molecule has 0 unspecified atom stereocenters. The summed E-state index contributed by atoms with van der Waals surface area (Å²) in [6.45, 7) is 9.63. The van der Waals surface area contributed by atoms with Gasteiger partial charge in [0.1, 0.15) is 18.2 Å². The molecule has 3 aromatic heterocycles. The van der Waals surface area contributed by atoms with E-state index in [4.69, 9.17) is 42.6 Å². The monoisotopic (exact) mass is 597 g/mol. The summed E-state index contributed by atoms with van der Waals surface area (Å²) in [7, 11) is 1.84. The largest absolute Gasteiger partial charge is 0.491 e. The lowest BCUT2D eigenvalue weighted by molar-refractivity contribution is 0.0994. The fourth-order valence-corrected chi connectivity index (χ4v) is 5.35. The zero-order chi connectivity index (χ0) is 29.3. The van der Waals surface area contributed by atoms with E-state index < -0.39 is 6.10 Å². The number of aromatic nitrogens is 6. The van der Waals surface area contributed by atoms with Gasteiger partial charge >= 0.3 is 6.01 Å². The van der Waals surface area contributed by atoms with E-state index in [0.717, 1.165) is 40.3 Å². The van der Waals surface area contributed by atoms with Crippen LogP contribution >= 0.6 is 23.2 Å². The van der Waals surface area contributed by atoms with Gasteiger partial charge in [-0.25, -0.2) is 15.0 Å². The van der Waals surface area contributed by atoms with Gasteiger partial charge in [-0.1, -0.05) is 36.5 Å². The summed E-state index contributed by atoms with van der Waals surface area (Å²) in [6, 6.07) is 5.70. The zero-order valence-electron chi connectivity index (χ0n) is 23.8. The molecule has 0 saturated heterocycles. The molecule has 0 spiro atoms. The number of halogens is 2. The molecule has 0 aliphatic carbocycles. The molecular weight excluding hydrogens is 565 g/mol. The summed E-state index contributed by atoms with van der Waals surface area (Å²) in [5.41, 5.74) is 5.68. The average Bonchev–Trinajstić information content (AvgIpc) is 3.47. The van der Waals surface area contributed by atoms with Crippen LogP contribution in [0.15, 0.2) is 24.4 Å². The maximum atomic E-state index is 10.2. The van der Waals surface area contributed by atoms with Gasteiger partial charge in [-0.3, -0.25) is 4.68 Å². The SMILES string of the molecule is CCC[C@@H](O)COc1ccc(Cl)c(-c2nc(-c3c(C)c(Cl)nn3C)c(C)c(N3Cc4cnc(OCC)nc4C3)n2)c1. The van der Waals surface area contributed by atoms with E-state index in [-0.39, 0.29) is 6.61 Å². The second-order valence-electron chi connectivity index (χ2n) is 10.0. The molecule has 1 atom stereocenters. The van der Waals surface area contributed by atoms with E-state index in [1.165, 1.54) is 0 Å². The predicted molar refractivity (Wildman–Crippen MR) is 159 cm³/mol. The number of fused-ring (bicyclic) bond motifs is 1. The van der Waals surface area contributed by atoms with E-state index in [9.17, 15) is 5.11 Å². The minimum atomic E-state index is -0.548. The number of rotatable bonds is 10. The number of aryl methyl sites for hydroxylation is 1. The molecule has 4 heterocycles. The summed E-state index contributed by atoms with van der Waals surface area (Å²) in [6.07, 6.45) is 2.79. The van der Waals surface area contributed by atoms with Crippen LogP contribution < -0.4 is 14.4 Å². The van der Waals surface area contributed by atoms with Crippen molar-refractivity contribution < 1.29 is 14.6 Å². The Balaban J connectivity index is 1.60. The number of benzene rings is 1. The average molecular weight is 599 g/mol. The number of nitrogens with zero attached hydrogens (tertiary/aromatic N) is 7. The fraction of sp³-hybridized carbons (Fsp3) is 0.414. The molecule has 12 heteroatoms. The summed E-state index contributed by atoms with van der Waals surface area (Å²) >= 11 is 13.1. The Kier molecular flexibility index (Phi) is 8.63. The molecule has 1 N–H and O–H groups in total. The molecule has 0 amide bonds. The quantitative estimate of drug-likeness (QED) is 0.245. The Hall–Kier alpha value is -3.47. The molecule has 10 nitrogen and oxygen atoms in total. The van der Waals surface area contributed by atoms with Crippen molar-refractivity contribution in [3.63, 3.8) is 0 Å². The van der Waals surface area contributed by atoms with E-state index in [1.807, 2.05) is 34.7 Å². The first-order valence-electron chi connectivity index (χ1n) is 13.6. The fourth-order valence-electron chi connectivity index (χ4n) is 4.95. The lowest BCUT2D eigenvalue weighted by atomic mass is 10.1. The van der Waals surface area contributed by atoms with Gasteiger partial charge < -0.3 is 19.5 Å². The van der Waals surface area contributed by atoms with Crippen molar-refractivity contribution in [1.29, 1.82) is 0 Å². The molecule has 0 bridgehead atoms. The van der Waals surface area contributed by atoms with Crippen LogP contribution in [-0.2, 0) is 20.1 Å². The molecule has 1 aromatic carbocycles. The van der Waals surface area contributed by atoms with Gasteiger partial charge in [0.15, 0.2) is 11.0 Å². The highest BCUT2D eigenvalue weighted by Crippen LogP contribution is 2.39. The second kappa shape index (κ2) is 12.2. The van der Waals surface area contributed by atoms with Gasteiger partial charge in [-0.2, -0.15) is 10.1 Å². The molecule has 5 rings (SSSR count). The van der Waals surface area contributed by atoms with Crippen LogP contribution in [0.1, 0.15) is 49.1 Å². The van der Waals surface area contributed by atoms with Gasteiger partial charge in [0.25, 0.3) is 0 Å². The van der Waals surface area contributed by atoms with Crippen LogP contribution in [-0.4, -0.2) is 54.1 Å². The summed E-state index contributed by atoms with van der Waals surface area (Å²) in [5, 5.41) is 15.5. The summed E-state index contributed by atoms with van der Waals surface area (Å²) in [4.78, 5) is 21.1. The number of hydrogen-bond donors (Lipinski definition) is 1. The van der Waals surface area contributed by atoms with Gasteiger partial charge in [0.05, 0.1) is 41.4 Å². The number of anilines is 1. The normalized spacial score (nSPS) is 13.4. The molecule has 0 saturated carbocycles.